The molecule has 1 aliphatic heterocycles. The third-order valence-electron chi connectivity index (χ3n) is 9.56. The topological polar surface area (TPSA) is 125 Å². The Kier molecular flexibility index (Phi) is 6.85. The van der Waals surface area contributed by atoms with Gasteiger partial charge in [-0.25, -0.2) is 4.79 Å². The Balaban J connectivity index is 1.56. The van der Waals surface area contributed by atoms with Crippen molar-refractivity contribution >= 4 is 11.9 Å². The van der Waals surface area contributed by atoms with Crippen molar-refractivity contribution in [2.75, 3.05) is 6.61 Å². The molecule has 0 amide bonds. The van der Waals surface area contributed by atoms with Crippen molar-refractivity contribution in [3.8, 4) is 17.1 Å². The summed E-state index contributed by atoms with van der Waals surface area (Å²) in [6.45, 7) is 9.35. The van der Waals surface area contributed by atoms with Crippen molar-refractivity contribution in [1.82, 2.24) is 4.98 Å². The molecule has 9 heteroatoms. The molecule has 0 aromatic carbocycles. The van der Waals surface area contributed by atoms with Crippen molar-refractivity contribution in [2.24, 2.45) is 22.7 Å². The second-order valence-corrected chi connectivity index (χ2v) is 12.0. The predicted molar refractivity (Wildman–Crippen MR) is 141 cm³/mol. The van der Waals surface area contributed by atoms with E-state index in [0.717, 1.165) is 0 Å². The van der Waals surface area contributed by atoms with Gasteiger partial charge in [0.15, 0.2) is 0 Å². The van der Waals surface area contributed by atoms with Gasteiger partial charge in [0.25, 0.3) is 0 Å². The van der Waals surface area contributed by atoms with Crippen molar-refractivity contribution in [3.63, 3.8) is 0 Å². The molecule has 0 bridgehead atoms. The number of aliphatic hydroxyl groups is 1. The molecule has 2 aliphatic carbocycles. The molecule has 210 valence electrons. The second-order valence-electron chi connectivity index (χ2n) is 12.0. The van der Waals surface area contributed by atoms with Crippen LogP contribution in [0.15, 0.2) is 39.8 Å². The Labute approximate surface area is 227 Å². The number of nitrogens with zero attached hydrogens (tertiary/aromatic N) is 1. The minimum Gasteiger partial charge on any atom is -0.486 e. The molecule has 9 nitrogen and oxygen atoms in total. The number of ether oxygens (including phenoxy) is 3. The molecule has 0 radical (unpaired) electrons. The van der Waals surface area contributed by atoms with Crippen molar-refractivity contribution in [1.29, 1.82) is 0 Å². The standard InChI is InChI=1S/C30H37NO8/c1-6-23(33)36-16-29(4)21-9-12-30(5)26(28(21,3)11-10-22(29)37-17(2)32)25(34)24-20(39-30)14-19(38-27(24)35)18-8-7-13-31-15-18/h7-8,13-15,21-22,25-26,34H,6,9-12,16H2,1-5H3/t21-,22+,25+,26-,28+,29+,30-/m1/s1. The van der Waals surface area contributed by atoms with Crippen molar-refractivity contribution in [2.45, 2.75) is 84.5 Å². The van der Waals surface area contributed by atoms with E-state index in [1.54, 1.807) is 37.5 Å². The number of hydrogen-bond acceptors (Lipinski definition) is 9. The monoisotopic (exact) mass is 539 g/mol. The fraction of sp³-hybridized carbons (Fsp3) is 0.600. The molecule has 3 heterocycles. The fourth-order valence-electron chi connectivity index (χ4n) is 7.88. The first kappa shape index (κ1) is 27.4. The molecule has 2 aromatic heterocycles. The molecule has 0 saturated heterocycles. The van der Waals surface area contributed by atoms with Gasteiger partial charge in [-0.3, -0.25) is 14.6 Å². The first-order valence-corrected chi connectivity index (χ1v) is 13.7. The van der Waals surface area contributed by atoms with Crippen molar-refractivity contribution in [3.05, 3.63) is 46.6 Å². The summed E-state index contributed by atoms with van der Waals surface area (Å²) in [6.07, 6.45) is 4.40. The molecular formula is C30H37NO8. The van der Waals surface area contributed by atoms with Gasteiger partial charge in [0.1, 0.15) is 35.4 Å². The molecule has 2 saturated carbocycles. The van der Waals surface area contributed by atoms with Crippen LogP contribution in [0.3, 0.4) is 0 Å². The second kappa shape index (κ2) is 9.77. The molecule has 5 rings (SSSR count). The number of esters is 2. The number of fused-ring (bicyclic) bond motifs is 4. The Hall–Kier alpha value is -3.20. The van der Waals surface area contributed by atoms with Crippen LogP contribution < -0.4 is 10.4 Å². The van der Waals surface area contributed by atoms with Crippen LogP contribution in [0.4, 0.5) is 0 Å². The van der Waals surface area contributed by atoms with Gasteiger partial charge in [-0.15, -0.1) is 0 Å². The summed E-state index contributed by atoms with van der Waals surface area (Å²) < 4.78 is 23.7. The van der Waals surface area contributed by atoms with Gasteiger partial charge < -0.3 is 23.7 Å². The molecule has 2 aromatic rings. The zero-order valence-corrected chi connectivity index (χ0v) is 23.2. The van der Waals surface area contributed by atoms with Crippen LogP contribution in [0, 0.1) is 22.7 Å². The van der Waals surface area contributed by atoms with Crippen molar-refractivity contribution < 1.29 is 33.3 Å². The van der Waals surface area contributed by atoms with E-state index in [2.05, 4.69) is 11.9 Å². The predicted octanol–water partition coefficient (Wildman–Crippen LogP) is 4.60. The summed E-state index contributed by atoms with van der Waals surface area (Å²) in [5, 5.41) is 11.9. The van der Waals surface area contributed by atoms with E-state index in [1.165, 1.54) is 6.92 Å². The summed E-state index contributed by atoms with van der Waals surface area (Å²) in [5.74, 6) is -0.563. The number of carbonyl (C=O) groups is 2. The van der Waals surface area contributed by atoms with E-state index in [0.29, 0.717) is 42.8 Å². The maximum absolute atomic E-state index is 13.3. The van der Waals surface area contributed by atoms with Gasteiger partial charge in [-0.2, -0.15) is 0 Å². The maximum atomic E-state index is 13.3. The van der Waals surface area contributed by atoms with E-state index in [4.69, 9.17) is 18.6 Å². The summed E-state index contributed by atoms with van der Waals surface area (Å²) in [5.41, 5.74) is -1.83. The van der Waals surface area contributed by atoms with Crippen LogP contribution in [-0.4, -0.2) is 40.3 Å². The number of hydrogen-bond donors (Lipinski definition) is 1. The average Bonchev–Trinajstić information content (AvgIpc) is 2.88. The number of carbonyl (C=O) groups excluding carboxylic acids is 2. The van der Waals surface area contributed by atoms with Crippen LogP contribution in [0.1, 0.15) is 78.4 Å². The summed E-state index contributed by atoms with van der Waals surface area (Å²) in [7, 11) is 0. The Bertz CT molecular complexity index is 1320. The molecule has 7 atom stereocenters. The highest BCUT2D eigenvalue weighted by Crippen LogP contribution is 2.67. The van der Waals surface area contributed by atoms with Gasteiger partial charge in [0.2, 0.25) is 0 Å². The Morgan fingerprint density at radius 1 is 1.21 bits per heavy atom. The number of aliphatic hydroxyl groups excluding tert-OH is 1. The van der Waals surface area contributed by atoms with E-state index < -0.39 is 40.2 Å². The minimum absolute atomic E-state index is 0.0765. The molecular weight excluding hydrogens is 502 g/mol. The first-order valence-electron chi connectivity index (χ1n) is 13.7. The van der Waals surface area contributed by atoms with Crippen LogP contribution in [0.5, 0.6) is 5.75 Å². The van der Waals surface area contributed by atoms with Gasteiger partial charge >= 0.3 is 17.6 Å². The number of aromatic nitrogens is 1. The zero-order chi connectivity index (χ0) is 28.2. The van der Waals surface area contributed by atoms with E-state index in [9.17, 15) is 19.5 Å². The molecule has 0 unspecified atom stereocenters. The smallest absolute Gasteiger partial charge is 0.345 e. The fourth-order valence-corrected chi connectivity index (χ4v) is 7.88. The number of rotatable bonds is 5. The zero-order valence-electron chi connectivity index (χ0n) is 23.2. The Morgan fingerprint density at radius 3 is 2.64 bits per heavy atom. The third-order valence-corrected chi connectivity index (χ3v) is 9.56. The van der Waals surface area contributed by atoms with Crippen LogP contribution in [0.2, 0.25) is 0 Å². The van der Waals surface area contributed by atoms with Crippen LogP contribution in [0.25, 0.3) is 11.3 Å². The summed E-state index contributed by atoms with van der Waals surface area (Å²) >= 11 is 0. The largest absolute Gasteiger partial charge is 0.486 e. The molecule has 39 heavy (non-hydrogen) atoms. The highest BCUT2D eigenvalue weighted by atomic mass is 16.6. The van der Waals surface area contributed by atoms with Crippen LogP contribution in [-0.2, 0) is 19.1 Å². The first-order chi connectivity index (χ1) is 18.4. The number of pyridine rings is 1. The quantitative estimate of drug-likeness (QED) is 0.543. The van der Waals surface area contributed by atoms with Gasteiger partial charge in [0.05, 0.1) is 6.10 Å². The highest BCUT2D eigenvalue weighted by Gasteiger charge is 2.67. The molecule has 3 aliphatic rings. The molecule has 2 fully saturated rings. The molecule has 1 N–H and O–H groups in total. The van der Waals surface area contributed by atoms with E-state index >= 15 is 0 Å². The van der Waals surface area contributed by atoms with E-state index in [-0.39, 0.29) is 36.4 Å². The normalized spacial score (nSPS) is 35.0. The maximum Gasteiger partial charge on any atom is 0.345 e. The van der Waals surface area contributed by atoms with Gasteiger partial charge in [0, 0.05) is 48.7 Å². The van der Waals surface area contributed by atoms with Gasteiger partial charge in [-0.1, -0.05) is 20.8 Å². The lowest BCUT2D eigenvalue weighted by atomic mass is 9.43. The lowest BCUT2D eigenvalue weighted by Gasteiger charge is -2.65. The summed E-state index contributed by atoms with van der Waals surface area (Å²) in [6, 6.07) is 5.21. The average molecular weight is 540 g/mol. The molecule has 0 spiro atoms. The summed E-state index contributed by atoms with van der Waals surface area (Å²) in [4.78, 5) is 41.6. The Morgan fingerprint density at radius 2 is 1.97 bits per heavy atom. The lowest BCUT2D eigenvalue weighted by molar-refractivity contribution is -0.239. The lowest BCUT2D eigenvalue weighted by Crippen LogP contribution is -2.66. The third kappa shape index (κ3) is 4.44. The van der Waals surface area contributed by atoms with Crippen LogP contribution >= 0.6 is 0 Å². The SMILES string of the molecule is CCC(=O)OC[C@@]1(C)[C@@H]2CC[C@@]3(C)Oc4cc(-c5cccnc5)oc(=O)c4[C@H](O)[C@@H]3[C@@]2(C)CC[C@@H]1OC(C)=O. The van der Waals surface area contributed by atoms with Gasteiger partial charge in [-0.05, 0) is 56.1 Å². The minimum atomic E-state index is -1.13. The highest BCUT2D eigenvalue weighted by molar-refractivity contribution is 5.69. The van der Waals surface area contributed by atoms with E-state index in [1.807, 2.05) is 13.8 Å².